The van der Waals surface area contributed by atoms with Crippen LogP contribution in [0.3, 0.4) is 0 Å². The largest absolute Gasteiger partial charge is 0.426 e. The summed E-state index contributed by atoms with van der Waals surface area (Å²) in [6.45, 7) is 2.55. The molecule has 1 heterocycles. The summed E-state index contributed by atoms with van der Waals surface area (Å²) in [5.74, 6) is -0.574. The topological polar surface area (TPSA) is 69.7 Å². The predicted octanol–water partition coefficient (Wildman–Crippen LogP) is 3.27. The van der Waals surface area contributed by atoms with Crippen LogP contribution in [0.5, 0.6) is 11.5 Å². The van der Waals surface area contributed by atoms with Crippen LogP contribution in [0.2, 0.25) is 0 Å². The number of fused-ring (bicyclic) bond motifs is 2. The molecule has 0 radical (unpaired) electrons. The van der Waals surface area contributed by atoms with Gasteiger partial charge < -0.3 is 9.47 Å². The molecule has 3 aromatic rings. The highest BCUT2D eigenvalue weighted by Crippen LogP contribution is 2.37. The highest BCUT2D eigenvalue weighted by molar-refractivity contribution is 7.25. The first-order chi connectivity index (χ1) is 11.0. The van der Waals surface area contributed by atoms with E-state index in [0.717, 1.165) is 4.70 Å². The van der Waals surface area contributed by atoms with E-state index in [2.05, 4.69) is 0 Å². The van der Waals surface area contributed by atoms with E-state index >= 15 is 0 Å². The molecule has 0 saturated carbocycles. The molecule has 0 spiro atoms. The van der Waals surface area contributed by atoms with E-state index < -0.39 is 11.9 Å². The molecule has 0 aliphatic heterocycles. The molecule has 6 heteroatoms. The first-order valence-corrected chi connectivity index (χ1v) is 7.64. The van der Waals surface area contributed by atoms with Gasteiger partial charge >= 0.3 is 11.9 Å². The van der Waals surface area contributed by atoms with Gasteiger partial charge in [0.2, 0.25) is 0 Å². The van der Waals surface area contributed by atoms with Crippen LogP contribution in [0.4, 0.5) is 0 Å². The van der Waals surface area contributed by atoms with Crippen LogP contribution >= 0.6 is 11.3 Å². The number of esters is 2. The third kappa shape index (κ3) is 2.80. The van der Waals surface area contributed by atoms with Gasteiger partial charge in [-0.3, -0.25) is 14.4 Å². The van der Waals surface area contributed by atoms with Gasteiger partial charge in [-0.1, -0.05) is 12.1 Å². The molecule has 0 N–H and O–H groups in total. The Morgan fingerprint density at radius 1 is 0.913 bits per heavy atom. The van der Waals surface area contributed by atoms with Gasteiger partial charge in [0.1, 0.15) is 11.5 Å². The minimum absolute atomic E-state index is 0.162. The van der Waals surface area contributed by atoms with Crippen molar-refractivity contribution in [2.75, 3.05) is 0 Å². The Balaban J connectivity index is 2.44. The molecule has 0 saturated heterocycles. The number of benzene rings is 2. The molecule has 0 amide bonds. The van der Waals surface area contributed by atoms with E-state index in [-0.39, 0.29) is 22.3 Å². The van der Waals surface area contributed by atoms with Crippen molar-refractivity contribution in [2.45, 2.75) is 13.8 Å². The Morgan fingerprint density at radius 3 is 2.22 bits per heavy atom. The number of rotatable bonds is 2. The fraction of sp³-hybridized carbons (Fsp3) is 0.118. The summed E-state index contributed by atoms with van der Waals surface area (Å²) >= 11 is 1.31. The highest BCUT2D eigenvalue weighted by atomic mass is 32.1. The zero-order valence-corrected chi connectivity index (χ0v) is 13.2. The Morgan fingerprint density at radius 2 is 1.52 bits per heavy atom. The van der Waals surface area contributed by atoms with E-state index in [1.807, 2.05) is 12.1 Å². The summed E-state index contributed by atoms with van der Waals surface area (Å²) in [5, 5.41) is 0.765. The quantitative estimate of drug-likeness (QED) is 0.410. The first-order valence-electron chi connectivity index (χ1n) is 6.83. The lowest BCUT2D eigenvalue weighted by Crippen LogP contribution is -2.09. The summed E-state index contributed by atoms with van der Waals surface area (Å²) in [4.78, 5) is 35.4. The number of ether oxygens (including phenoxy) is 2. The van der Waals surface area contributed by atoms with E-state index in [0.29, 0.717) is 10.1 Å². The van der Waals surface area contributed by atoms with Gasteiger partial charge in [-0.15, -0.1) is 11.3 Å². The van der Waals surface area contributed by atoms with Crippen LogP contribution in [-0.4, -0.2) is 11.9 Å². The van der Waals surface area contributed by atoms with E-state index in [1.54, 1.807) is 12.1 Å². The number of hydrogen-bond donors (Lipinski definition) is 0. The van der Waals surface area contributed by atoms with Crippen molar-refractivity contribution >= 4 is 43.4 Å². The lowest BCUT2D eigenvalue weighted by atomic mass is 10.1. The normalized spacial score (nSPS) is 10.7. The van der Waals surface area contributed by atoms with Crippen LogP contribution in [0.25, 0.3) is 20.2 Å². The second kappa shape index (κ2) is 5.81. The summed E-state index contributed by atoms with van der Waals surface area (Å²) in [6.07, 6.45) is 0. The average molecular weight is 328 g/mol. The smallest absolute Gasteiger partial charge is 0.308 e. The van der Waals surface area contributed by atoms with Crippen LogP contribution in [0, 0.1) is 0 Å². The maximum absolute atomic E-state index is 12.8. The fourth-order valence-electron chi connectivity index (χ4n) is 2.32. The van der Waals surface area contributed by atoms with Crippen molar-refractivity contribution in [2.24, 2.45) is 0 Å². The Labute approximate surface area is 135 Å². The lowest BCUT2D eigenvalue weighted by molar-refractivity contribution is -0.132. The number of carbonyl (C=O) groups is 2. The van der Waals surface area contributed by atoms with Crippen molar-refractivity contribution < 1.29 is 19.1 Å². The molecule has 23 heavy (non-hydrogen) atoms. The maximum atomic E-state index is 12.8. The molecule has 5 nitrogen and oxygen atoms in total. The monoisotopic (exact) mass is 328 g/mol. The molecular weight excluding hydrogens is 316 g/mol. The predicted molar refractivity (Wildman–Crippen MR) is 88.2 cm³/mol. The Kier molecular flexibility index (Phi) is 3.83. The summed E-state index contributed by atoms with van der Waals surface area (Å²) in [7, 11) is 0. The highest BCUT2D eigenvalue weighted by Gasteiger charge is 2.17. The molecular formula is C17H12O5S. The zero-order valence-electron chi connectivity index (χ0n) is 12.4. The molecule has 1 aromatic heterocycles. The average Bonchev–Trinajstić information content (AvgIpc) is 2.49. The van der Waals surface area contributed by atoms with Gasteiger partial charge in [0.25, 0.3) is 0 Å². The lowest BCUT2D eigenvalue weighted by Gasteiger charge is -2.10. The number of hydrogen-bond acceptors (Lipinski definition) is 6. The van der Waals surface area contributed by atoms with Gasteiger partial charge in [0.15, 0.2) is 5.43 Å². The number of carbonyl (C=O) groups excluding carboxylic acids is 2. The molecule has 0 atom stereocenters. The second-order valence-electron chi connectivity index (χ2n) is 4.88. The Hall–Kier alpha value is -2.73. The molecule has 116 valence electrons. The molecule has 0 aliphatic carbocycles. The van der Waals surface area contributed by atoms with Crippen LogP contribution in [-0.2, 0) is 9.59 Å². The molecule has 2 aromatic carbocycles. The minimum Gasteiger partial charge on any atom is -0.426 e. The third-order valence-corrected chi connectivity index (χ3v) is 4.35. The molecule has 0 aliphatic rings. The zero-order chi connectivity index (χ0) is 16.6. The summed E-state index contributed by atoms with van der Waals surface area (Å²) in [5.41, 5.74) is -0.264. The van der Waals surface area contributed by atoms with Crippen LogP contribution < -0.4 is 14.9 Å². The SMILES string of the molecule is CC(=O)Oc1ccc(OC(C)=O)c2c(=O)c3ccccc3sc12. The van der Waals surface area contributed by atoms with Crippen molar-refractivity contribution in [3.05, 3.63) is 46.6 Å². The molecule has 0 bridgehead atoms. The van der Waals surface area contributed by atoms with E-state index in [9.17, 15) is 14.4 Å². The van der Waals surface area contributed by atoms with Crippen molar-refractivity contribution in [1.82, 2.24) is 0 Å². The van der Waals surface area contributed by atoms with Crippen LogP contribution in [0.1, 0.15) is 13.8 Å². The standard InChI is InChI=1S/C17H12O5S/c1-9(18)21-12-7-8-13(22-10(2)19)17-15(12)16(20)11-5-3-4-6-14(11)23-17/h3-8H,1-2H3. The first kappa shape index (κ1) is 15.2. The van der Waals surface area contributed by atoms with E-state index in [4.69, 9.17) is 9.47 Å². The van der Waals surface area contributed by atoms with Crippen LogP contribution in [0.15, 0.2) is 41.2 Å². The van der Waals surface area contributed by atoms with Gasteiger partial charge in [0, 0.05) is 23.9 Å². The van der Waals surface area contributed by atoms with E-state index in [1.165, 1.54) is 37.3 Å². The summed E-state index contributed by atoms with van der Waals surface area (Å²) < 4.78 is 11.6. The van der Waals surface area contributed by atoms with Gasteiger partial charge in [0.05, 0.1) is 10.1 Å². The van der Waals surface area contributed by atoms with Crippen molar-refractivity contribution in [1.29, 1.82) is 0 Å². The fourth-order valence-corrected chi connectivity index (χ4v) is 3.47. The second-order valence-corrected chi connectivity index (χ2v) is 5.93. The summed E-state index contributed by atoms with van der Waals surface area (Å²) in [6, 6.07) is 10.1. The van der Waals surface area contributed by atoms with Crippen molar-refractivity contribution in [3.8, 4) is 11.5 Å². The van der Waals surface area contributed by atoms with Gasteiger partial charge in [-0.2, -0.15) is 0 Å². The Bertz CT molecular complexity index is 1000. The van der Waals surface area contributed by atoms with Gasteiger partial charge in [-0.25, -0.2) is 0 Å². The third-order valence-electron chi connectivity index (χ3n) is 3.16. The van der Waals surface area contributed by atoms with Gasteiger partial charge in [-0.05, 0) is 24.3 Å². The molecule has 0 fully saturated rings. The molecule has 3 rings (SSSR count). The maximum Gasteiger partial charge on any atom is 0.308 e. The van der Waals surface area contributed by atoms with Crippen molar-refractivity contribution in [3.63, 3.8) is 0 Å². The molecule has 0 unspecified atom stereocenters. The minimum atomic E-state index is -0.524.